The van der Waals surface area contributed by atoms with Gasteiger partial charge in [0.1, 0.15) is 0 Å². The lowest BCUT2D eigenvalue weighted by atomic mass is 9.71. The number of hydrogen-bond donors (Lipinski definition) is 3. The molecule has 0 spiro atoms. The van der Waals surface area contributed by atoms with Crippen LogP contribution in [0.25, 0.3) is 0 Å². The van der Waals surface area contributed by atoms with Gasteiger partial charge in [-0.15, -0.1) is 0 Å². The first-order valence-corrected chi connectivity index (χ1v) is 8.46. The van der Waals surface area contributed by atoms with Gasteiger partial charge in [-0.25, -0.2) is 4.72 Å². The summed E-state index contributed by atoms with van der Waals surface area (Å²) in [7, 11) is -3.69. The van der Waals surface area contributed by atoms with Crippen LogP contribution < -0.4 is 9.44 Å². The zero-order valence-electron chi connectivity index (χ0n) is 12.7. The molecule has 0 amide bonds. The molecule has 20 heavy (non-hydrogen) atoms. The number of aliphatic carboxylic acids is 1. The van der Waals surface area contributed by atoms with Gasteiger partial charge in [0.25, 0.3) is 10.2 Å². The number of carboxylic acid groups (broad SMARTS) is 1. The molecule has 1 rings (SSSR count). The second-order valence-electron chi connectivity index (χ2n) is 6.94. The van der Waals surface area contributed by atoms with E-state index in [1.807, 2.05) is 0 Å². The van der Waals surface area contributed by atoms with Gasteiger partial charge < -0.3 is 5.11 Å². The van der Waals surface area contributed by atoms with Gasteiger partial charge in [-0.1, -0.05) is 6.92 Å². The van der Waals surface area contributed by atoms with Crippen LogP contribution in [-0.4, -0.2) is 31.6 Å². The van der Waals surface area contributed by atoms with Crippen molar-refractivity contribution >= 4 is 16.2 Å². The van der Waals surface area contributed by atoms with E-state index in [1.165, 1.54) is 0 Å². The van der Waals surface area contributed by atoms with Crippen LogP contribution in [0.2, 0.25) is 0 Å². The molecule has 0 radical (unpaired) electrons. The van der Waals surface area contributed by atoms with Crippen molar-refractivity contribution in [1.29, 1.82) is 0 Å². The summed E-state index contributed by atoms with van der Waals surface area (Å²) in [5.41, 5.74) is -1.57. The first-order chi connectivity index (χ1) is 8.96. The minimum Gasteiger partial charge on any atom is -0.481 e. The van der Waals surface area contributed by atoms with Gasteiger partial charge in [0.2, 0.25) is 0 Å². The summed E-state index contributed by atoms with van der Waals surface area (Å²) in [6, 6.07) is 0. The summed E-state index contributed by atoms with van der Waals surface area (Å²) in [5, 5.41) is 9.45. The van der Waals surface area contributed by atoms with Crippen LogP contribution in [0.5, 0.6) is 0 Å². The molecule has 118 valence electrons. The van der Waals surface area contributed by atoms with Crippen LogP contribution in [0.4, 0.5) is 0 Å². The molecule has 7 heteroatoms. The van der Waals surface area contributed by atoms with E-state index >= 15 is 0 Å². The highest BCUT2D eigenvalue weighted by Crippen LogP contribution is 2.38. The quantitative estimate of drug-likeness (QED) is 0.717. The van der Waals surface area contributed by atoms with Crippen molar-refractivity contribution in [3.05, 3.63) is 0 Å². The molecule has 0 saturated heterocycles. The standard InChI is InChI=1S/C13H26N2O4S/c1-10-5-7-13(8-6-10,11(16)17)9-14-20(18,19)15-12(2,3)4/h10,14-15H,5-9H2,1-4H3,(H,16,17). The lowest BCUT2D eigenvalue weighted by Crippen LogP contribution is -2.51. The molecule has 1 fully saturated rings. The largest absolute Gasteiger partial charge is 0.481 e. The van der Waals surface area contributed by atoms with Gasteiger partial charge in [0.05, 0.1) is 5.41 Å². The van der Waals surface area contributed by atoms with E-state index in [2.05, 4.69) is 16.4 Å². The Bertz CT molecular complexity index is 445. The van der Waals surface area contributed by atoms with Crippen LogP contribution >= 0.6 is 0 Å². The first-order valence-electron chi connectivity index (χ1n) is 6.98. The fraction of sp³-hybridized carbons (Fsp3) is 0.923. The van der Waals surface area contributed by atoms with Crippen LogP contribution in [0.3, 0.4) is 0 Å². The van der Waals surface area contributed by atoms with E-state index in [1.54, 1.807) is 20.8 Å². The van der Waals surface area contributed by atoms with Crippen molar-refractivity contribution in [1.82, 2.24) is 9.44 Å². The molecule has 0 aromatic heterocycles. The van der Waals surface area contributed by atoms with E-state index in [9.17, 15) is 18.3 Å². The average Bonchev–Trinajstić information content (AvgIpc) is 2.25. The molecule has 1 aliphatic carbocycles. The summed E-state index contributed by atoms with van der Waals surface area (Å²) in [5.74, 6) is -0.408. The molecule has 0 heterocycles. The van der Waals surface area contributed by atoms with Gasteiger partial charge in [-0.05, 0) is 52.4 Å². The van der Waals surface area contributed by atoms with Gasteiger partial charge >= 0.3 is 5.97 Å². The zero-order valence-corrected chi connectivity index (χ0v) is 13.5. The normalized spacial score (nSPS) is 28.3. The van der Waals surface area contributed by atoms with Crippen LogP contribution in [0.15, 0.2) is 0 Å². The van der Waals surface area contributed by atoms with E-state index in [0.717, 1.165) is 12.8 Å². The van der Waals surface area contributed by atoms with Gasteiger partial charge in [-0.2, -0.15) is 13.1 Å². The molecule has 0 bridgehead atoms. The van der Waals surface area contributed by atoms with E-state index in [4.69, 9.17) is 0 Å². The monoisotopic (exact) mass is 306 g/mol. The molecule has 0 aromatic rings. The predicted molar refractivity (Wildman–Crippen MR) is 77.5 cm³/mol. The minimum atomic E-state index is -3.69. The van der Waals surface area contributed by atoms with Crippen molar-refractivity contribution in [2.24, 2.45) is 11.3 Å². The maximum atomic E-state index is 11.9. The molecule has 1 saturated carbocycles. The first kappa shape index (κ1) is 17.4. The fourth-order valence-corrected chi connectivity index (χ4v) is 3.80. The summed E-state index contributed by atoms with van der Waals surface area (Å²) in [6.07, 6.45) is 2.67. The van der Waals surface area contributed by atoms with Gasteiger partial charge in [0, 0.05) is 12.1 Å². The third-order valence-electron chi connectivity index (χ3n) is 3.73. The third kappa shape index (κ3) is 5.03. The molecule has 1 aliphatic rings. The SMILES string of the molecule is CC1CCC(CNS(=O)(=O)NC(C)(C)C)(C(=O)O)CC1. The Kier molecular flexibility index (Phi) is 5.21. The average molecular weight is 306 g/mol. The Hall–Kier alpha value is -0.660. The highest BCUT2D eigenvalue weighted by molar-refractivity contribution is 7.87. The Morgan fingerprint density at radius 2 is 1.80 bits per heavy atom. The van der Waals surface area contributed by atoms with Gasteiger partial charge in [0.15, 0.2) is 0 Å². The Morgan fingerprint density at radius 3 is 2.20 bits per heavy atom. The smallest absolute Gasteiger partial charge is 0.310 e. The number of carbonyl (C=O) groups is 1. The zero-order chi connectivity index (χ0) is 15.6. The predicted octanol–water partition coefficient (Wildman–Crippen LogP) is 1.49. The Morgan fingerprint density at radius 1 is 1.30 bits per heavy atom. The molecule has 3 N–H and O–H groups in total. The maximum absolute atomic E-state index is 11.9. The van der Waals surface area contributed by atoms with Crippen molar-refractivity contribution < 1.29 is 18.3 Å². The second-order valence-corrected chi connectivity index (χ2v) is 8.44. The van der Waals surface area contributed by atoms with Crippen LogP contribution in [-0.2, 0) is 15.0 Å². The maximum Gasteiger partial charge on any atom is 0.310 e. The molecule has 0 unspecified atom stereocenters. The Labute approximate surface area is 121 Å². The van der Waals surface area contributed by atoms with Crippen molar-refractivity contribution in [3.8, 4) is 0 Å². The fourth-order valence-electron chi connectivity index (χ4n) is 2.45. The van der Waals surface area contributed by atoms with Crippen LogP contribution in [0, 0.1) is 11.3 Å². The summed E-state index contributed by atoms with van der Waals surface area (Å²) in [6.45, 7) is 7.25. The highest BCUT2D eigenvalue weighted by Gasteiger charge is 2.42. The van der Waals surface area contributed by atoms with Crippen LogP contribution in [0.1, 0.15) is 53.4 Å². The van der Waals surface area contributed by atoms with E-state index < -0.39 is 27.1 Å². The lowest BCUT2D eigenvalue weighted by Gasteiger charge is -2.36. The molecule has 0 aromatic carbocycles. The topological polar surface area (TPSA) is 95.5 Å². The molecular weight excluding hydrogens is 280 g/mol. The highest BCUT2D eigenvalue weighted by atomic mass is 32.2. The van der Waals surface area contributed by atoms with E-state index in [-0.39, 0.29) is 6.54 Å². The number of nitrogens with one attached hydrogen (secondary N) is 2. The lowest BCUT2D eigenvalue weighted by molar-refractivity contribution is -0.151. The summed E-state index contributed by atoms with van der Waals surface area (Å²) in [4.78, 5) is 11.5. The summed E-state index contributed by atoms with van der Waals surface area (Å²) < 4.78 is 28.7. The molecular formula is C13H26N2O4S. The van der Waals surface area contributed by atoms with Crippen molar-refractivity contribution in [2.45, 2.75) is 58.9 Å². The third-order valence-corrected chi connectivity index (χ3v) is 5.13. The molecule has 0 aliphatic heterocycles. The number of rotatable bonds is 5. The molecule has 0 atom stereocenters. The number of carboxylic acids is 1. The minimum absolute atomic E-state index is 0.0551. The Balaban J connectivity index is 2.72. The molecule has 6 nitrogen and oxygen atoms in total. The second kappa shape index (κ2) is 5.99. The van der Waals surface area contributed by atoms with Crippen molar-refractivity contribution in [2.75, 3.05) is 6.54 Å². The number of hydrogen-bond acceptors (Lipinski definition) is 3. The summed E-state index contributed by atoms with van der Waals surface area (Å²) >= 11 is 0. The van der Waals surface area contributed by atoms with Gasteiger partial charge in [-0.3, -0.25) is 4.79 Å². The van der Waals surface area contributed by atoms with Crippen molar-refractivity contribution in [3.63, 3.8) is 0 Å². The van der Waals surface area contributed by atoms with E-state index in [0.29, 0.717) is 18.8 Å².